The van der Waals surface area contributed by atoms with E-state index in [4.69, 9.17) is 9.47 Å². The number of rotatable bonds is 13. The molecule has 3 heterocycles. The number of methoxy groups -OCH3 is 2. The second-order valence-corrected chi connectivity index (χ2v) is 17.1. The van der Waals surface area contributed by atoms with Gasteiger partial charge < -0.3 is 45.4 Å². The molecule has 0 bridgehead atoms. The first-order valence-electron chi connectivity index (χ1n) is 22.8. The average molecular weight is 924 g/mol. The lowest BCUT2D eigenvalue weighted by Crippen LogP contribution is -2.48. The Balaban J connectivity index is 0.940. The van der Waals surface area contributed by atoms with Crippen LogP contribution in [0.5, 0.6) is 0 Å². The van der Waals surface area contributed by atoms with Gasteiger partial charge in [-0.15, -0.1) is 0 Å². The van der Waals surface area contributed by atoms with Crippen molar-refractivity contribution < 1.29 is 42.6 Å². The standard InChI is InChI=1S/C52H54FN7O8/c1-67-51(65)56-45(35-11-5-3-6-12-35)49(63)58-31-9-15-43(58)47(61)54-38-23-17-33(18-24-38)41-29-30-42(60(41)40-27-21-37(53)22-28-40)34-19-25-39(26-20-34)55-48(62)44-16-10-32-59(44)50(64)46(57-52(66)68-2)36-13-7-4-8-14-36/h3-8,11-14,17-28,41-46H,9-10,15-16,29-32H2,1-2H3,(H,54,61)(H,55,62)(H,56,65)(H,57,66)/t41-,42-,43-,44-,45-,46-/m0/s1. The molecule has 352 valence electrons. The highest BCUT2D eigenvalue weighted by molar-refractivity contribution is 6.00. The lowest BCUT2D eigenvalue weighted by molar-refractivity contribution is -0.138. The lowest BCUT2D eigenvalue weighted by Gasteiger charge is -2.33. The molecule has 0 aromatic heterocycles. The number of amides is 6. The Morgan fingerprint density at radius 1 is 0.529 bits per heavy atom. The third-order valence-corrected chi connectivity index (χ3v) is 13.0. The van der Waals surface area contributed by atoms with E-state index in [0.717, 1.165) is 29.7 Å². The van der Waals surface area contributed by atoms with Crippen molar-refractivity contribution in [2.45, 2.75) is 74.8 Å². The molecule has 0 saturated carbocycles. The molecule has 6 atom stereocenters. The molecular formula is C52H54FN7O8. The zero-order valence-corrected chi connectivity index (χ0v) is 37.8. The number of ether oxygens (including phenoxy) is 2. The predicted molar refractivity (Wildman–Crippen MR) is 253 cm³/mol. The maximum atomic E-state index is 14.3. The number of halogens is 1. The van der Waals surface area contributed by atoms with Crippen molar-refractivity contribution in [1.82, 2.24) is 20.4 Å². The summed E-state index contributed by atoms with van der Waals surface area (Å²) in [5.41, 5.74) is 5.07. The largest absolute Gasteiger partial charge is 0.453 e. The molecule has 0 spiro atoms. The molecule has 16 heteroatoms. The van der Waals surface area contributed by atoms with E-state index in [1.54, 1.807) is 60.7 Å². The maximum absolute atomic E-state index is 14.3. The van der Waals surface area contributed by atoms with E-state index in [9.17, 15) is 33.2 Å². The SMILES string of the molecule is COC(=O)N[C@H](C(=O)N1CCC[C@H]1C(=O)Nc1ccc([C@@H]2CC[C@@H](c3ccc(NC(=O)[C@@H]4CCCN4C(=O)[C@@H](NC(=O)OC)c4ccccc4)cc3)N2c2ccc(F)cc2)cc1)c1ccccc1. The van der Waals surface area contributed by atoms with E-state index in [1.165, 1.54) is 36.2 Å². The summed E-state index contributed by atoms with van der Waals surface area (Å²) in [6, 6.07) is 35.5. The number of likely N-dealkylation sites (tertiary alicyclic amines) is 2. The van der Waals surface area contributed by atoms with Crippen LogP contribution in [0.25, 0.3) is 0 Å². The van der Waals surface area contributed by atoms with E-state index in [2.05, 4.69) is 26.2 Å². The number of alkyl carbamates (subject to hydrolysis) is 2. The molecule has 0 radical (unpaired) electrons. The fraction of sp³-hybridized carbons (Fsp3) is 0.308. The molecule has 0 aliphatic carbocycles. The summed E-state index contributed by atoms with van der Waals surface area (Å²) in [5, 5.41) is 11.2. The van der Waals surface area contributed by atoms with Crippen LogP contribution in [-0.2, 0) is 28.7 Å². The van der Waals surface area contributed by atoms with Crippen LogP contribution in [0.4, 0.5) is 31.0 Å². The van der Waals surface area contributed by atoms with E-state index >= 15 is 0 Å². The summed E-state index contributed by atoms with van der Waals surface area (Å²) in [6.45, 7) is 0.718. The van der Waals surface area contributed by atoms with Gasteiger partial charge in [-0.05, 0) is 109 Å². The van der Waals surface area contributed by atoms with Crippen LogP contribution in [0.2, 0.25) is 0 Å². The number of carbonyl (C=O) groups is 6. The van der Waals surface area contributed by atoms with Gasteiger partial charge in [0.2, 0.25) is 11.8 Å². The molecule has 15 nitrogen and oxygen atoms in total. The maximum Gasteiger partial charge on any atom is 0.407 e. The van der Waals surface area contributed by atoms with E-state index in [1.807, 2.05) is 60.7 Å². The van der Waals surface area contributed by atoms with Gasteiger partial charge in [-0.2, -0.15) is 0 Å². The monoisotopic (exact) mass is 923 g/mol. The zero-order valence-electron chi connectivity index (χ0n) is 37.8. The van der Waals surface area contributed by atoms with Gasteiger partial charge in [-0.25, -0.2) is 14.0 Å². The van der Waals surface area contributed by atoms with Crippen molar-refractivity contribution in [3.63, 3.8) is 0 Å². The summed E-state index contributed by atoms with van der Waals surface area (Å²) >= 11 is 0. The summed E-state index contributed by atoms with van der Waals surface area (Å²) in [6.07, 6.45) is 2.21. The van der Waals surface area contributed by atoms with Crippen molar-refractivity contribution >= 4 is 52.9 Å². The van der Waals surface area contributed by atoms with Crippen molar-refractivity contribution in [1.29, 1.82) is 0 Å². The van der Waals surface area contributed by atoms with Gasteiger partial charge in [-0.3, -0.25) is 19.2 Å². The second-order valence-electron chi connectivity index (χ2n) is 17.1. The first kappa shape index (κ1) is 46.8. The van der Waals surface area contributed by atoms with Crippen molar-refractivity contribution in [3.05, 3.63) is 162 Å². The Morgan fingerprint density at radius 2 is 0.926 bits per heavy atom. The first-order chi connectivity index (χ1) is 33.0. The molecule has 3 saturated heterocycles. The molecule has 4 N–H and O–H groups in total. The topological polar surface area (TPSA) is 179 Å². The van der Waals surface area contributed by atoms with Crippen LogP contribution >= 0.6 is 0 Å². The highest BCUT2D eigenvalue weighted by Gasteiger charge is 2.41. The van der Waals surface area contributed by atoms with Gasteiger partial charge in [0.05, 0.1) is 26.3 Å². The Morgan fingerprint density at radius 3 is 1.31 bits per heavy atom. The minimum Gasteiger partial charge on any atom is -0.453 e. The number of nitrogens with one attached hydrogen (secondary N) is 4. The van der Waals surface area contributed by atoms with Gasteiger partial charge >= 0.3 is 12.2 Å². The number of hydrogen-bond donors (Lipinski definition) is 4. The molecule has 3 aliphatic heterocycles. The summed E-state index contributed by atoms with van der Waals surface area (Å²) in [4.78, 5) is 85.1. The average Bonchev–Trinajstić information content (AvgIpc) is 4.17. The van der Waals surface area contributed by atoms with Gasteiger partial charge in [0.15, 0.2) is 0 Å². The molecule has 3 aliphatic rings. The number of hydrogen-bond acceptors (Lipinski definition) is 9. The van der Waals surface area contributed by atoms with Crippen molar-refractivity contribution in [2.75, 3.05) is 42.8 Å². The molecule has 3 fully saturated rings. The highest BCUT2D eigenvalue weighted by Crippen LogP contribution is 2.47. The fourth-order valence-electron chi connectivity index (χ4n) is 9.62. The minimum atomic E-state index is -1.03. The van der Waals surface area contributed by atoms with Crippen LogP contribution in [0.3, 0.4) is 0 Å². The number of carbonyl (C=O) groups excluding carboxylic acids is 6. The van der Waals surface area contributed by atoms with E-state index in [-0.39, 0.29) is 29.7 Å². The van der Waals surface area contributed by atoms with Crippen molar-refractivity contribution in [3.8, 4) is 0 Å². The Hall–Kier alpha value is -7.75. The first-order valence-corrected chi connectivity index (χ1v) is 22.8. The third-order valence-electron chi connectivity index (χ3n) is 13.0. The van der Waals surface area contributed by atoms with E-state index in [0.29, 0.717) is 61.3 Å². The van der Waals surface area contributed by atoms with E-state index < -0.39 is 48.2 Å². The second kappa shape index (κ2) is 21.3. The van der Waals surface area contributed by atoms with Crippen LogP contribution < -0.4 is 26.2 Å². The lowest BCUT2D eigenvalue weighted by atomic mass is 10.0. The summed E-state index contributed by atoms with van der Waals surface area (Å²) in [7, 11) is 2.45. The molecular weight excluding hydrogens is 870 g/mol. The van der Waals surface area contributed by atoms with Crippen LogP contribution in [-0.4, -0.2) is 85.0 Å². The molecule has 68 heavy (non-hydrogen) atoms. The van der Waals surface area contributed by atoms with Crippen molar-refractivity contribution in [2.24, 2.45) is 0 Å². The van der Waals surface area contributed by atoms with Gasteiger partial charge in [0, 0.05) is 30.2 Å². The summed E-state index contributed by atoms with van der Waals surface area (Å²) < 4.78 is 23.8. The zero-order chi connectivity index (χ0) is 47.7. The molecule has 5 aromatic rings. The smallest absolute Gasteiger partial charge is 0.407 e. The molecule has 6 amide bonds. The normalized spacial score (nSPS) is 19.7. The van der Waals surface area contributed by atoms with Crippen LogP contribution in [0.15, 0.2) is 133 Å². The third kappa shape index (κ3) is 10.4. The number of nitrogens with zero attached hydrogens (tertiary/aromatic N) is 3. The number of anilines is 3. The van der Waals surface area contributed by atoms with Gasteiger partial charge in [0.1, 0.15) is 30.0 Å². The molecule has 5 aromatic carbocycles. The predicted octanol–water partition coefficient (Wildman–Crippen LogP) is 7.96. The Kier molecular flexibility index (Phi) is 14.6. The van der Waals surface area contributed by atoms with Gasteiger partial charge in [-0.1, -0.05) is 84.9 Å². The Bertz CT molecular complexity index is 2430. The molecule has 8 rings (SSSR count). The van der Waals surface area contributed by atoms with Crippen LogP contribution in [0.1, 0.15) is 84.9 Å². The highest BCUT2D eigenvalue weighted by atomic mass is 19.1. The quantitative estimate of drug-likeness (QED) is 0.0912. The number of benzene rings is 5. The Labute approximate surface area is 394 Å². The summed E-state index contributed by atoms with van der Waals surface area (Å²) in [5.74, 6) is -1.82. The fourth-order valence-corrected chi connectivity index (χ4v) is 9.62. The van der Waals surface area contributed by atoms with Gasteiger partial charge in [0.25, 0.3) is 11.8 Å². The van der Waals surface area contributed by atoms with Crippen LogP contribution in [0, 0.1) is 5.82 Å². The minimum absolute atomic E-state index is 0.103. The molecule has 0 unspecified atom stereocenters.